The lowest BCUT2D eigenvalue weighted by molar-refractivity contribution is -0.118. The number of fused-ring (bicyclic) bond motifs is 2. The van der Waals surface area contributed by atoms with Crippen LogP contribution in [-0.4, -0.2) is 68.1 Å². The minimum atomic E-state index is -0.354. The Morgan fingerprint density at radius 2 is 1.79 bits per heavy atom. The number of hydrogen-bond donors (Lipinski definition) is 4. The highest BCUT2D eigenvalue weighted by Crippen LogP contribution is 2.33. The van der Waals surface area contributed by atoms with Crippen LogP contribution in [0.25, 0.3) is 55.8 Å². The van der Waals surface area contributed by atoms with Gasteiger partial charge in [-0.15, -0.1) is 0 Å². The molecule has 0 radical (unpaired) electrons. The van der Waals surface area contributed by atoms with Crippen LogP contribution in [0.1, 0.15) is 13.8 Å². The number of nitrogens with zero attached hydrogens (tertiary/aromatic N) is 5. The number of imidazole rings is 1. The second-order valence-electron chi connectivity index (χ2n) is 11.0. The number of H-pyrrole nitrogens is 2. The van der Waals surface area contributed by atoms with E-state index < -0.39 is 0 Å². The van der Waals surface area contributed by atoms with Crippen LogP contribution in [0.5, 0.6) is 0 Å². The van der Waals surface area contributed by atoms with Crippen LogP contribution in [0.2, 0.25) is 0 Å². The molecule has 0 saturated heterocycles. The molecule has 0 fully saturated rings. The molecule has 0 spiro atoms. The third kappa shape index (κ3) is 5.93. The first-order valence-corrected chi connectivity index (χ1v) is 14.0. The molecule has 43 heavy (non-hydrogen) atoms. The van der Waals surface area contributed by atoms with Gasteiger partial charge in [-0.25, -0.2) is 9.37 Å². The van der Waals surface area contributed by atoms with Crippen LogP contribution in [0, 0.1) is 11.7 Å². The van der Waals surface area contributed by atoms with Crippen LogP contribution < -0.4 is 10.6 Å². The third-order valence-electron chi connectivity index (χ3n) is 7.11. The van der Waals surface area contributed by atoms with Crippen molar-refractivity contribution in [1.82, 2.24) is 35.0 Å². The summed E-state index contributed by atoms with van der Waals surface area (Å²) in [5.41, 5.74) is 7.14. The molecule has 0 aliphatic rings. The van der Waals surface area contributed by atoms with Gasteiger partial charge in [0.1, 0.15) is 17.0 Å². The molecule has 4 heterocycles. The number of aromatic nitrogens is 6. The minimum Gasteiger partial charge on any atom is -0.384 e. The molecule has 218 valence electrons. The van der Waals surface area contributed by atoms with Gasteiger partial charge in [-0.3, -0.25) is 19.9 Å². The number of pyridine rings is 2. The summed E-state index contributed by atoms with van der Waals surface area (Å²) in [6.45, 7) is 5.19. The number of benzene rings is 2. The van der Waals surface area contributed by atoms with Crippen molar-refractivity contribution in [1.29, 1.82) is 0 Å². The number of carbonyl (C=O) groups is 1. The fourth-order valence-electron chi connectivity index (χ4n) is 4.84. The monoisotopic (exact) mass is 577 g/mol. The van der Waals surface area contributed by atoms with E-state index in [0.29, 0.717) is 46.2 Å². The SMILES string of the molecule is CC(C)C(=O)Nc1cncc(-c2ccc3[nH]nc(-c4nc5c(-c6cc(F)cc(NCCN(C)C)c6)nccc5[nH]4)c3c2)c1. The highest BCUT2D eigenvalue weighted by atomic mass is 19.1. The lowest BCUT2D eigenvalue weighted by Gasteiger charge is -2.12. The van der Waals surface area contributed by atoms with Gasteiger partial charge < -0.3 is 20.5 Å². The first kappa shape index (κ1) is 28.0. The zero-order valence-corrected chi connectivity index (χ0v) is 24.4. The Morgan fingerprint density at radius 1 is 0.953 bits per heavy atom. The van der Waals surface area contributed by atoms with Crippen molar-refractivity contribution in [2.75, 3.05) is 37.8 Å². The molecule has 6 aromatic rings. The highest BCUT2D eigenvalue weighted by Gasteiger charge is 2.17. The van der Waals surface area contributed by atoms with Crippen molar-refractivity contribution in [2.45, 2.75) is 13.8 Å². The molecule has 6 rings (SSSR count). The van der Waals surface area contributed by atoms with Gasteiger partial charge in [-0.05, 0) is 62.1 Å². The smallest absolute Gasteiger partial charge is 0.226 e. The van der Waals surface area contributed by atoms with Crippen LogP contribution in [0.4, 0.5) is 15.8 Å². The number of rotatable bonds is 9. The summed E-state index contributed by atoms with van der Waals surface area (Å²) in [6.07, 6.45) is 5.07. The maximum absolute atomic E-state index is 14.7. The maximum Gasteiger partial charge on any atom is 0.226 e. The second kappa shape index (κ2) is 11.6. The fourth-order valence-corrected chi connectivity index (χ4v) is 4.84. The Hall–Kier alpha value is -5.16. The van der Waals surface area contributed by atoms with Gasteiger partial charge in [0.05, 0.1) is 28.6 Å². The van der Waals surface area contributed by atoms with Crippen LogP contribution in [0.15, 0.2) is 67.1 Å². The highest BCUT2D eigenvalue weighted by molar-refractivity contribution is 5.98. The van der Waals surface area contributed by atoms with E-state index in [9.17, 15) is 9.18 Å². The van der Waals surface area contributed by atoms with E-state index in [2.05, 4.69) is 40.7 Å². The number of carbonyl (C=O) groups excluding carboxylic acids is 1. The Kier molecular flexibility index (Phi) is 7.56. The normalized spacial score (nSPS) is 11.6. The van der Waals surface area contributed by atoms with E-state index in [1.165, 1.54) is 12.1 Å². The number of halogens is 1. The van der Waals surface area contributed by atoms with Crippen molar-refractivity contribution >= 4 is 39.2 Å². The summed E-state index contributed by atoms with van der Waals surface area (Å²) in [4.78, 5) is 31.4. The summed E-state index contributed by atoms with van der Waals surface area (Å²) in [5.74, 6) is -0.00177. The Balaban J connectivity index is 1.36. The predicted molar refractivity (Wildman–Crippen MR) is 168 cm³/mol. The van der Waals surface area contributed by atoms with E-state index in [1.54, 1.807) is 18.6 Å². The molecule has 0 aliphatic carbocycles. The van der Waals surface area contributed by atoms with Gasteiger partial charge in [0, 0.05) is 53.6 Å². The summed E-state index contributed by atoms with van der Waals surface area (Å²) >= 11 is 0. The topological polar surface area (TPSA) is 128 Å². The number of likely N-dealkylation sites (N-methyl/N-ethyl adjacent to an activating group) is 1. The minimum absolute atomic E-state index is 0.0691. The van der Waals surface area contributed by atoms with Crippen molar-refractivity contribution in [3.05, 3.63) is 72.9 Å². The number of amides is 1. The van der Waals surface area contributed by atoms with Gasteiger partial charge in [0.2, 0.25) is 5.91 Å². The molecular formula is C32H32FN9O. The largest absolute Gasteiger partial charge is 0.384 e. The Bertz CT molecular complexity index is 1940. The molecule has 0 aliphatic heterocycles. The van der Waals surface area contributed by atoms with Crippen molar-refractivity contribution in [2.24, 2.45) is 5.92 Å². The zero-order chi connectivity index (χ0) is 30.1. The van der Waals surface area contributed by atoms with Crippen LogP contribution in [0.3, 0.4) is 0 Å². The van der Waals surface area contributed by atoms with Crippen molar-refractivity contribution in [3.8, 4) is 33.9 Å². The van der Waals surface area contributed by atoms with Gasteiger partial charge in [0.15, 0.2) is 5.82 Å². The molecule has 11 heteroatoms. The van der Waals surface area contributed by atoms with Gasteiger partial charge in [-0.2, -0.15) is 5.10 Å². The van der Waals surface area contributed by atoms with E-state index in [4.69, 9.17) is 4.98 Å². The lowest BCUT2D eigenvalue weighted by Crippen LogP contribution is -2.20. The zero-order valence-electron chi connectivity index (χ0n) is 24.4. The van der Waals surface area contributed by atoms with E-state index in [-0.39, 0.29) is 17.6 Å². The van der Waals surface area contributed by atoms with E-state index in [1.807, 2.05) is 64.3 Å². The van der Waals surface area contributed by atoms with Crippen LogP contribution in [-0.2, 0) is 4.79 Å². The summed E-state index contributed by atoms with van der Waals surface area (Å²) < 4.78 is 14.7. The lowest BCUT2D eigenvalue weighted by atomic mass is 10.0. The number of anilines is 2. The number of aromatic amines is 2. The number of hydrogen-bond acceptors (Lipinski definition) is 7. The van der Waals surface area contributed by atoms with Gasteiger partial charge >= 0.3 is 0 Å². The molecule has 1 amide bonds. The van der Waals surface area contributed by atoms with Crippen LogP contribution >= 0.6 is 0 Å². The van der Waals surface area contributed by atoms with Crippen molar-refractivity contribution < 1.29 is 9.18 Å². The molecular weight excluding hydrogens is 545 g/mol. The fraction of sp³-hybridized carbons (Fsp3) is 0.219. The standard InChI is InChI=1S/C32H32FN9O/c1-18(2)32(43)37-24-13-21(16-34-17-24)19-5-6-26-25(14-19)29(41-40-26)31-38-27-7-8-36-28(30(27)39-31)20-11-22(33)15-23(12-20)35-9-10-42(3)4/h5-8,11-18,35H,9-10H2,1-4H3,(H,37,43)(H,38,39)(H,40,41). The maximum atomic E-state index is 14.7. The summed E-state index contributed by atoms with van der Waals surface area (Å²) in [6, 6.07) is 14.5. The second-order valence-corrected chi connectivity index (χ2v) is 11.0. The first-order chi connectivity index (χ1) is 20.7. The molecule has 4 aromatic heterocycles. The summed E-state index contributed by atoms with van der Waals surface area (Å²) in [5, 5.41) is 14.7. The predicted octanol–water partition coefficient (Wildman–Crippen LogP) is 5.94. The average Bonchev–Trinajstić information content (AvgIpc) is 3.60. The average molecular weight is 578 g/mol. The molecule has 2 aromatic carbocycles. The van der Waals surface area contributed by atoms with Crippen molar-refractivity contribution in [3.63, 3.8) is 0 Å². The van der Waals surface area contributed by atoms with Gasteiger partial charge in [0.25, 0.3) is 0 Å². The van der Waals surface area contributed by atoms with E-state index >= 15 is 0 Å². The molecule has 0 saturated carbocycles. The molecule has 0 unspecified atom stereocenters. The Labute approximate surface area is 247 Å². The first-order valence-electron chi connectivity index (χ1n) is 14.0. The molecule has 0 bridgehead atoms. The number of nitrogens with one attached hydrogen (secondary N) is 4. The van der Waals surface area contributed by atoms with Gasteiger partial charge in [-0.1, -0.05) is 19.9 Å². The molecule has 4 N–H and O–H groups in total. The molecule has 0 atom stereocenters. The summed E-state index contributed by atoms with van der Waals surface area (Å²) in [7, 11) is 3.98. The Morgan fingerprint density at radius 3 is 2.60 bits per heavy atom. The van der Waals surface area contributed by atoms with E-state index in [0.717, 1.165) is 34.1 Å². The third-order valence-corrected chi connectivity index (χ3v) is 7.11. The quantitative estimate of drug-likeness (QED) is 0.168. The molecule has 10 nitrogen and oxygen atoms in total.